The zero-order valence-electron chi connectivity index (χ0n) is 14.1. The second kappa shape index (κ2) is 9.23. The molecule has 2 rings (SSSR count). The normalized spacial score (nSPS) is 29.0. The summed E-state index contributed by atoms with van der Waals surface area (Å²) in [6.45, 7) is 2.08. The van der Waals surface area contributed by atoms with E-state index in [9.17, 15) is 14.7 Å². The number of rotatable bonds is 6. The van der Waals surface area contributed by atoms with E-state index in [0.717, 1.165) is 19.4 Å². The Morgan fingerprint density at radius 3 is 2.52 bits per heavy atom. The van der Waals surface area contributed by atoms with Gasteiger partial charge in [0.15, 0.2) is 0 Å². The van der Waals surface area contributed by atoms with Gasteiger partial charge in [0, 0.05) is 13.5 Å². The molecule has 0 radical (unpaired) electrons. The molecule has 6 heteroatoms. The molecule has 2 aliphatic rings. The predicted molar refractivity (Wildman–Crippen MR) is 86.8 cm³/mol. The molecule has 3 atom stereocenters. The lowest BCUT2D eigenvalue weighted by Crippen LogP contribution is -2.51. The number of ether oxygens (including phenoxy) is 1. The molecule has 1 aliphatic heterocycles. The maximum atomic E-state index is 12.1. The van der Waals surface area contributed by atoms with Crippen molar-refractivity contribution in [2.24, 2.45) is 5.92 Å². The van der Waals surface area contributed by atoms with E-state index in [1.165, 1.54) is 39.0 Å². The van der Waals surface area contributed by atoms with Gasteiger partial charge in [0.25, 0.3) is 0 Å². The SMILES string of the molecule is CC(=O)N[C@H]1CC[C@@H](CC(=O)NCC2CCCCC2)O[C@@H]1CO. The zero-order chi connectivity index (χ0) is 16.7. The molecule has 1 aliphatic carbocycles. The fourth-order valence-corrected chi connectivity index (χ4v) is 3.64. The van der Waals surface area contributed by atoms with Crippen molar-refractivity contribution < 1.29 is 19.4 Å². The van der Waals surface area contributed by atoms with Gasteiger partial charge in [-0.15, -0.1) is 0 Å². The maximum Gasteiger partial charge on any atom is 0.222 e. The van der Waals surface area contributed by atoms with Crippen molar-refractivity contribution in [3.8, 4) is 0 Å². The van der Waals surface area contributed by atoms with Gasteiger partial charge in [0.2, 0.25) is 11.8 Å². The smallest absolute Gasteiger partial charge is 0.222 e. The second-order valence-corrected chi connectivity index (χ2v) is 6.88. The van der Waals surface area contributed by atoms with Crippen molar-refractivity contribution in [1.29, 1.82) is 0 Å². The zero-order valence-corrected chi connectivity index (χ0v) is 14.1. The predicted octanol–water partition coefficient (Wildman–Crippen LogP) is 1.12. The highest BCUT2D eigenvalue weighted by atomic mass is 16.5. The van der Waals surface area contributed by atoms with E-state index in [1.807, 2.05) is 0 Å². The quantitative estimate of drug-likeness (QED) is 0.682. The first kappa shape index (κ1) is 18.2. The summed E-state index contributed by atoms with van der Waals surface area (Å²) >= 11 is 0. The first-order valence-electron chi connectivity index (χ1n) is 8.88. The van der Waals surface area contributed by atoms with Crippen LogP contribution in [0.1, 0.15) is 58.3 Å². The van der Waals surface area contributed by atoms with E-state index >= 15 is 0 Å². The molecule has 0 unspecified atom stereocenters. The molecule has 2 amide bonds. The number of aliphatic hydroxyl groups is 1. The number of amides is 2. The van der Waals surface area contributed by atoms with Gasteiger partial charge in [0.05, 0.1) is 25.2 Å². The van der Waals surface area contributed by atoms with Crippen LogP contribution in [0.2, 0.25) is 0 Å². The highest BCUT2D eigenvalue weighted by Crippen LogP contribution is 2.24. The van der Waals surface area contributed by atoms with Crippen LogP contribution >= 0.6 is 0 Å². The van der Waals surface area contributed by atoms with E-state index in [-0.39, 0.29) is 30.6 Å². The maximum absolute atomic E-state index is 12.1. The average molecular weight is 326 g/mol. The molecule has 23 heavy (non-hydrogen) atoms. The summed E-state index contributed by atoms with van der Waals surface area (Å²) < 4.78 is 5.79. The van der Waals surface area contributed by atoms with Crippen LogP contribution in [0.15, 0.2) is 0 Å². The van der Waals surface area contributed by atoms with Gasteiger partial charge in [-0.3, -0.25) is 9.59 Å². The molecule has 0 spiro atoms. The Bertz CT molecular complexity index is 396. The molecular formula is C17H30N2O4. The van der Waals surface area contributed by atoms with Crippen molar-refractivity contribution in [3.05, 3.63) is 0 Å². The first-order valence-corrected chi connectivity index (χ1v) is 8.88. The fourth-order valence-electron chi connectivity index (χ4n) is 3.64. The monoisotopic (exact) mass is 326 g/mol. The summed E-state index contributed by atoms with van der Waals surface area (Å²) in [5.74, 6) is 0.519. The number of hydrogen-bond acceptors (Lipinski definition) is 4. The lowest BCUT2D eigenvalue weighted by Gasteiger charge is -2.35. The van der Waals surface area contributed by atoms with Gasteiger partial charge in [-0.25, -0.2) is 0 Å². The Morgan fingerprint density at radius 1 is 1.13 bits per heavy atom. The molecule has 6 nitrogen and oxygen atoms in total. The van der Waals surface area contributed by atoms with Crippen LogP contribution < -0.4 is 10.6 Å². The topological polar surface area (TPSA) is 87.7 Å². The molecule has 0 bridgehead atoms. The highest BCUT2D eigenvalue weighted by Gasteiger charge is 2.32. The minimum atomic E-state index is -0.427. The number of hydrogen-bond donors (Lipinski definition) is 3. The summed E-state index contributed by atoms with van der Waals surface area (Å²) in [6.07, 6.45) is 7.46. The molecule has 0 aromatic heterocycles. The first-order chi connectivity index (χ1) is 11.1. The Kier molecular flexibility index (Phi) is 7.30. The number of carbonyl (C=O) groups excluding carboxylic acids is 2. The second-order valence-electron chi connectivity index (χ2n) is 6.88. The van der Waals surface area contributed by atoms with Crippen LogP contribution in [0.5, 0.6) is 0 Å². The molecule has 1 heterocycles. The molecule has 0 aromatic carbocycles. The van der Waals surface area contributed by atoms with Crippen molar-refractivity contribution in [1.82, 2.24) is 10.6 Å². The van der Waals surface area contributed by atoms with Crippen molar-refractivity contribution in [3.63, 3.8) is 0 Å². The van der Waals surface area contributed by atoms with E-state index in [0.29, 0.717) is 12.3 Å². The summed E-state index contributed by atoms with van der Waals surface area (Å²) in [7, 11) is 0. The Labute approximate surface area is 138 Å². The van der Waals surface area contributed by atoms with Gasteiger partial charge < -0.3 is 20.5 Å². The van der Waals surface area contributed by atoms with Crippen molar-refractivity contribution in [2.75, 3.05) is 13.2 Å². The third-order valence-corrected chi connectivity index (χ3v) is 4.91. The van der Waals surface area contributed by atoms with Crippen molar-refractivity contribution in [2.45, 2.75) is 76.5 Å². The van der Waals surface area contributed by atoms with E-state index in [1.54, 1.807) is 0 Å². The summed E-state index contributed by atoms with van der Waals surface area (Å²) in [6, 6.07) is -0.168. The van der Waals surface area contributed by atoms with Gasteiger partial charge in [-0.05, 0) is 31.6 Å². The van der Waals surface area contributed by atoms with Crippen LogP contribution in [0.4, 0.5) is 0 Å². The third-order valence-electron chi connectivity index (χ3n) is 4.91. The van der Waals surface area contributed by atoms with E-state index in [2.05, 4.69) is 10.6 Å². The number of nitrogens with one attached hydrogen (secondary N) is 2. The van der Waals surface area contributed by atoms with Crippen molar-refractivity contribution >= 4 is 11.8 Å². The minimum Gasteiger partial charge on any atom is -0.394 e. The summed E-state index contributed by atoms with van der Waals surface area (Å²) in [4.78, 5) is 23.2. The fraction of sp³-hybridized carbons (Fsp3) is 0.882. The third kappa shape index (κ3) is 6.11. The van der Waals surface area contributed by atoms with Crippen LogP contribution in [0.3, 0.4) is 0 Å². The molecule has 132 valence electrons. The summed E-state index contributed by atoms with van der Waals surface area (Å²) in [5.41, 5.74) is 0. The highest BCUT2D eigenvalue weighted by molar-refractivity contribution is 5.76. The molecule has 0 aromatic rings. The van der Waals surface area contributed by atoms with Gasteiger partial charge in [0.1, 0.15) is 6.10 Å². The Hall–Kier alpha value is -1.14. The Morgan fingerprint density at radius 2 is 1.87 bits per heavy atom. The van der Waals surface area contributed by atoms with Crippen LogP contribution in [-0.4, -0.2) is 48.3 Å². The van der Waals surface area contributed by atoms with E-state index < -0.39 is 6.10 Å². The molecule has 1 saturated carbocycles. The summed E-state index contributed by atoms with van der Waals surface area (Å²) in [5, 5.41) is 15.2. The lowest BCUT2D eigenvalue weighted by atomic mass is 9.89. The minimum absolute atomic E-state index is 0.0234. The number of carbonyl (C=O) groups is 2. The molecular weight excluding hydrogens is 296 g/mol. The number of aliphatic hydroxyl groups excluding tert-OH is 1. The van der Waals surface area contributed by atoms with Gasteiger partial charge in [-0.2, -0.15) is 0 Å². The lowest BCUT2D eigenvalue weighted by molar-refractivity contribution is -0.135. The Balaban J connectivity index is 1.70. The molecule has 3 N–H and O–H groups in total. The van der Waals surface area contributed by atoms with Crippen LogP contribution in [0.25, 0.3) is 0 Å². The average Bonchev–Trinajstić information content (AvgIpc) is 2.55. The molecule has 2 fully saturated rings. The van der Waals surface area contributed by atoms with Crippen LogP contribution in [-0.2, 0) is 14.3 Å². The van der Waals surface area contributed by atoms with E-state index in [4.69, 9.17) is 4.74 Å². The van der Waals surface area contributed by atoms with Gasteiger partial charge in [-0.1, -0.05) is 19.3 Å². The standard InChI is InChI=1S/C17H30N2O4/c1-12(21)19-15-8-7-14(23-16(15)11-20)9-17(22)18-10-13-5-3-2-4-6-13/h13-16,20H,2-11H2,1H3,(H,18,22)(H,19,21)/t14-,15-,16+/m0/s1. The van der Waals surface area contributed by atoms with Gasteiger partial charge >= 0.3 is 0 Å². The van der Waals surface area contributed by atoms with Crippen LogP contribution in [0, 0.1) is 5.92 Å². The largest absolute Gasteiger partial charge is 0.394 e. The molecule has 1 saturated heterocycles.